The van der Waals surface area contributed by atoms with E-state index in [4.69, 9.17) is 17.3 Å². The molecule has 1 aliphatic rings. The van der Waals surface area contributed by atoms with E-state index in [1.807, 2.05) is 0 Å². The highest BCUT2D eigenvalue weighted by atomic mass is 79.9. The van der Waals surface area contributed by atoms with Gasteiger partial charge in [-0.2, -0.15) is 0 Å². The van der Waals surface area contributed by atoms with E-state index in [-0.39, 0.29) is 12.4 Å². The van der Waals surface area contributed by atoms with Gasteiger partial charge in [0.25, 0.3) is 0 Å². The quantitative estimate of drug-likeness (QED) is 0.902. The van der Waals surface area contributed by atoms with Crippen LogP contribution >= 0.6 is 51.3 Å². The van der Waals surface area contributed by atoms with Crippen molar-refractivity contribution < 1.29 is 0 Å². The zero-order chi connectivity index (χ0) is 10.1. The lowest BCUT2D eigenvalue weighted by Crippen LogP contribution is -2.25. The highest BCUT2D eigenvalue weighted by Crippen LogP contribution is 2.32. The maximum absolute atomic E-state index is 5.97. The second-order valence-corrected chi connectivity index (χ2v) is 6.21. The van der Waals surface area contributed by atoms with Gasteiger partial charge < -0.3 is 5.73 Å². The first-order valence-electron chi connectivity index (χ1n) is 4.57. The Hall–Kier alpha value is 0.680. The molecule has 6 heteroatoms. The lowest BCUT2D eigenvalue weighted by molar-refractivity contribution is 0.330. The van der Waals surface area contributed by atoms with Crippen molar-refractivity contribution in [1.29, 1.82) is 0 Å². The first-order chi connectivity index (χ1) is 6.65. The number of hydrogen-bond acceptors (Lipinski definition) is 3. The van der Waals surface area contributed by atoms with E-state index in [1.165, 1.54) is 4.88 Å². The Balaban J connectivity index is 0.00000112. The summed E-state index contributed by atoms with van der Waals surface area (Å²) in [6.07, 6.45) is 1.11. The van der Waals surface area contributed by atoms with Gasteiger partial charge in [0.1, 0.15) is 4.34 Å². The Morgan fingerprint density at radius 2 is 2.40 bits per heavy atom. The number of halogens is 3. The largest absolute Gasteiger partial charge is 0.326 e. The van der Waals surface area contributed by atoms with Gasteiger partial charge in [0.05, 0.1) is 0 Å². The molecule has 1 fully saturated rings. The van der Waals surface area contributed by atoms with Gasteiger partial charge in [-0.25, -0.2) is 0 Å². The lowest BCUT2D eigenvalue weighted by Gasteiger charge is -2.12. The topological polar surface area (TPSA) is 29.3 Å². The summed E-state index contributed by atoms with van der Waals surface area (Å²) in [4.78, 5) is 3.68. The number of rotatable bonds is 2. The summed E-state index contributed by atoms with van der Waals surface area (Å²) in [6, 6.07) is 2.45. The summed E-state index contributed by atoms with van der Waals surface area (Å²) in [7, 11) is 0. The summed E-state index contributed by atoms with van der Waals surface area (Å²) in [5.74, 6) is 0. The molecule has 0 unspecified atom stereocenters. The fourth-order valence-electron chi connectivity index (χ4n) is 1.70. The average molecular weight is 332 g/mol. The predicted octanol–water partition coefficient (Wildman–Crippen LogP) is 3.12. The molecule has 0 bridgehead atoms. The molecule has 0 radical (unpaired) electrons. The van der Waals surface area contributed by atoms with E-state index in [0.29, 0.717) is 6.04 Å². The Kier molecular flexibility index (Phi) is 5.36. The van der Waals surface area contributed by atoms with E-state index in [9.17, 15) is 0 Å². The van der Waals surface area contributed by atoms with Crippen LogP contribution in [0.3, 0.4) is 0 Å². The molecule has 0 aliphatic carbocycles. The smallest absolute Gasteiger partial charge is 0.107 e. The Morgan fingerprint density at radius 1 is 1.67 bits per heavy atom. The minimum atomic E-state index is 0. The molecule has 0 amide bonds. The molecule has 0 spiro atoms. The van der Waals surface area contributed by atoms with Crippen molar-refractivity contribution in [3.8, 4) is 0 Å². The highest BCUT2D eigenvalue weighted by Gasteiger charge is 2.19. The molecular weight excluding hydrogens is 319 g/mol. The summed E-state index contributed by atoms with van der Waals surface area (Å²) in [5.41, 5.74) is 5.84. The van der Waals surface area contributed by atoms with Gasteiger partial charge in [0, 0.05) is 35.0 Å². The Labute approximate surface area is 113 Å². The number of hydrogen-bond donors (Lipinski definition) is 1. The molecule has 1 aromatic rings. The first-order valence-corrected chi connectivity index (χ1v) is 6.55. The molecule has 1 atom stereocenters. The van der Waals surface area contributed by atoms with Crippen molar-refractivity contribution >= 4 is 51.3 Å². The molecule has 2 heterocycles. The maximum Gasteiger partial charge on any atom is 0.107 e. The Morgan fingerprint density at radius 3 is 2.87 bits per heavy atom. The first kappa shape index (κ1) is 13.7. The minimum Gasteiger partial charge on any atom is -0.326 e. The SMILES string of the molecule is Cl.N[C@@H]1CCN(Cc2cc(Br)c(Cl)s2)C1. The molecule has 15 heavy (non-hydrogen) atoms. The third kappa shape index (κ3) is 3.58. The van der Waals surface area contributed by atoms with Crippen molar-refractivity contribution in [2.75, 3.05) is 13.1 Å². The van der Waals surface area contributed by atoms with E-state index >= 15 is 0 Å². The van der Waals surface area contributed by atoms with Gasteiger partial charge in [-0.3, -0.25) is 4.90 Å². The fourth-order valence-corrected chi connectivity index (χ4v) is 3.53. The molecule has 2 nitrogen and oxygen atoms in total. The fraction of sp³-hybridized carbons (Fsp3) is 0.556. The van der Waals surface area contributed by atoms with Gasteiger partial charge in [-0.1, -0.05) is 11.6 Å². The number of nitrogens with two attached hydrogens (primary N) is 1. The highest BCUT2D eigenvalue weighted by molar-refractivity contribution is 9.10. The summed E-state index contributed by atoms with van der Waals surface area (Å²) >= 11 is 11.0. The number of nitrogens with zero attached hydrogens (tertiary/aromatic N) is 1. The number of likely N-dealkylation sites (tertiary alicyclic amines) is 1. The number of thiophene rings is 1. The average Bonchev–Trinajstić information content (AvgIpc) is 2.62. The van der Waals surface area contributed by atoms with Crippen LogP contribution in [0.15, 0.2) is 10.5 Å². The van der Waals surface area contributed by atoms with E-state index < -0.39 is 0 Å². The van der Waals surface area contributed by atoms with Crippen molar-refractivity contribution in [2.45, 2.75) is 19.0 Å². The van der Waals surface area contributed by atoms with Crippen molar-refractivity contribution in [3.05, 3.63) is 19.8 Å². The van der Waals surface area contributed by atoms with Crippen LogP contribution in [-0.2, 0) is 6.54 Å². The zero-order valence-electron chi connectivity index (χ0n) is 8.08. The van der Waals surface area contributed by atoms with E-state index in [0.717, 1.165) is 34.9 Å². The molecule has 0 aromatic carbocycles. The van der Waals surface area contributed by atoms with Crippen LogP contribution in [0.5, 0.6) is 0 Å². The van der Waals surface area contributed by atoms with Gasteiger partial charge in [0.2, 0.25) is 0 Å². The van der Waals surface area contributed by atoms with Crippen molar-refractivity contribution in [3.63, 3.8) is 0 Å². The molecule has 1 aromatic heterocycles. The van der Waals surface area contributed by atoms with Gasteiger partial charge in [-0.05, 0) is 28.4 Å². The van der Waals surface area contributed by atoms with Gasteiger partial charge in [-0.15, -0.1) is 23.7 Å². The van der Waals surface area contributed by atoms with Crippen LogP contribution in [0.1, 0.15) is 11.3 Å². The van der Waals surface area contributed by atoms with Crippen molar-refractivity contribution in [1.82, 2.24) is 4.90 Å². The zero-order valence-corrected chi connectivity index (χ0v) is 12.1. The van der Waals surface area contributed by atoms with Crippen LogP contribution in [0.2, 0.25) is 4.34 Å². The van der Waals surface area contributed by atoms with Crippen LogP contribution in [0, 0.1) is 0 Å². The van der Waals surface area contributed by atoms with E-state index in [1.54, 1.807) is 11.3 Å². The molecule has 2 N–H and O–H groups in total. The van der Waals surface area contributed by atoms with Gasteiger partial charge >= 0.3 is 0 Å². The second kappa shape index (κ2) is 5.84. The molecule has 0 saturated carbocycles. The van der Waals surface area contributed by atoms with Crippen LogP contribution < -0.4 is 5.73 Å². The lowest BCUT2D eigenvalue weighted by atomic mass is 10.3. The summed E-state index contributed by atoms with van der Waals surface area (Å²) in [5, 5.41) is 0. The monoisotopic (exact) mass is 330 g/mol. The normalized spacial score (nSPS) is 21.7. The summed E-state index contributed by atoms with van der Waals surface area (Å²) < 4.78 is 1.84. The second-order valence-electron chi connectivity index (χ2n) is 3.62. The van der Waals surface area contributed by atoms with Crippen LogP contribution in [0.25, 0.3) is 0 Å². The maximum atomic E-state index is 5.97. The Bertz CT molecular complexity index is 312. The predicted molar refractivity (Wildman–Crippen MR) is 72.1 cm³/mol. The van der Waals surface area contributed by atoms with Crippen molar-refractivity contribution in [2.24, 2.45) is 5.73 Å². The minimum absolute atomic E-state index is 0. The van der Waals surface area contributed by atoms with E-state index in [2.05, 4.69) is 26.9 Å². The molecule has 2 rings (SSSR count). The molecule has 1 saturated heterocycles. The molecular formula is C9H13BrCl2N2S. The molecule has 1 aliphatic heterocycles. The van der Waals surface area contributed by atoms with Gasteiger partial charge in [0.15, 0.2) is 0 Å². The van der Waals surface area contributed by atoms with Crippen LogP contribution in [0.4, 0.5) is 0 Å². The molecule has 86 valence electrons. The van der Waals surface area contributed by atoms with Crippen LogP contribution in [-0.4, -0.2) is 24.0 Å². The standard InChI is InChI=1S/C9H12BrClN2S.ClH/c10-8-3-7(14-9(8)11)5-13-2-1-6(12)4-13;/h3,6H,1-2,4-5,12H2;1H/t6-;/m1./s1. The third-order valence-electron chi connectivity index (χ3n) is 2.38. The third-order valence-corrected chi connectivity index (χ3v) is 4.84. The summed E-state index contributed by atoms with van der Waals surface area (Å²) in [6.45, 7) is 3.09.